The SMILES string of the molecule is OCC(F)(F)C(F)(F)C(F)(F)C(F)(F)C(F)(F)C(F)(F)F.OCC(F)(F)C(F)(F)C(F)(F)C(F)(F)C(F)(F)F. The van der Waals surface area contributed by atoms with Crippen molar-refractivity contribution in [2.24, 2.45) is 0 Å². The number of aliphatic hydroxyl groups excluding tert-OH is 2. The molecule has 0 aliphatic heterocycles. The van der Waals surface area contributed by atoms with Crippen LogP contribution in [0.2, 0.25) is 0 Å². The average Bonchev–Trinajstić information content (AvgIpc) is 2.71. The largest absolute Gasteiger partial charge is 0.460 e. The zero-order valence-corrected chi connectivity index (χ0v) is 16.9. The van der Waals surface area contributed by atoms with Gasteiger partial charge in [-0.2, -0.15) is 105 Å². The van der Waals surface area contributed by atoms with E-state index in [-0.39, 0.29) is 0 Å². The normalized spacial score (nSPS) is 16.2. The minimum atomic E-state index is -7.92. The summed E-state index contributed by atoms with van der Waals surface area (Å²) in [5, 5.41) is 15.4. The molecule has 0 unspecified atom stereocenters. The molecule has 0 amide bonds. The minimum Gasteiger partial charge on any atom is -0.390 e. The fourth-order valence-corrected chi connectivity index (χ4v) is 1.61. The third kappa shape index (κ3) is 5.85. The summed E-state index contributed by atoms with van der Waals surface area (Å²) in [6, 6.07) is 0. The van der Waals surface area contributed by atoms with Gasteiger partial charge in [0.1, 0.15) is 13.2 Å². The van der Waals surface area contributed by atoms with E-state index in [2.05, 4.69) is 0 Å². The van der Waals surface area contributed by atoms with Gasteiger partial charge in [0.2, 0.25) is 0 Å². The van der Waals surface area contributed by atoms with Crippen molar-refractivity contribution in [2.45, 2.75) is 65.7 Å². The van der Waals surface area contributed by atoms with E-state index in [0.717, 1.165) is 0 Å². The Hall–Kier alpha value is -1.76. The van der Waals surface area contributed by atoms with Crippen LogP contribution in [0, 0.1) is 0 Å². The van der Waals surface area contributed by atoms with Gasteiger partial charge in [-0.3, -0.25) is 0 Å². The van der Waals surface area contributed by atoms with Gasteiger partial charge in [0.15, 0.2) is 0 Å². The topological polar surface area (TPSA) is 40.5 Å². The molecule has 2 N–H and O–H groups in total. The fourth-order valence-electron chi connectivity index (χ4n) is 1.61. The maximum absolute atomic E-state index is 12.6. The number of halogens is 24. The molecule has 0 heterocycles. The van der Waals surface area contributed by atoms with E-state index in [1.807, 2.05) is 0 Å². The van der Waals surface area contributed by atoms with Crippen LogP contribution in [0.15, 0.2) is 0 Å². The summed E-state index contributed by atoms with van der Waals surface area (Å²) in [7, 11) is 0. The Kier molecular flexibility index (Phi) is 10.4. The second kappa shape index (κ2) is 10.3. The summed E-state index contributed by atoms with van der Waals surface area (Å²) in [4.78, 5) is 0. The summed E-state index contributed by atoms with van der Waals surface area (Å²) in [5.74, 6) is -65.4. The van der Waals surface area contributed by atoms with E-state index in [1.165, 1.54) is 0 Å². The molecule has 39 heavy (non-hydrogen) atoms. The summed E-state index contributed by atoms with van der Waals surface area (Å²) >= 11 is 0. The molecule has 0 saturated carbocycles. The van der Waals surface area contributed by atoms with E-state index >= 15 is 0 Å². The lowest BCUT2D eigenvalue weighted by Crippen LogP contribution is -2.70. The van der Waals surface area contributed by atoms with E-state index in [9.17, 15) is 105 Å². The first-order valence-electron chi connectivity index (χ1n) is 8.13. The highest BCUT2D eigenvalue weighted by Crippen LogP contribution is 2.60. The lowest BCUT2D eigenvalue weighted by atomic mass is 9.94. The van der Waals surface area contributed by atoms with Crippen molar-refractivity contribution in [3.8, 4) is 0 Å². The van der Waals surface area contributed by atoms with Crippen LogP contribution in [0.5, 0.6) is 0 Å². The van der Waals surface area contributed by atoms with Gasteiger partial charge < -0.3 is 10.2 Å². The van der Waals surface area contributed by atoms with Gasteiger partial charge in [0, 0.05) is 0 Å². The van der Waals surface area contributed by atoms with Crippen LogP contribution in [0.1, 0.15) is 0 Å². The maximum atomic E-state index is 12.6. The van der Waals surface area contributed by atoms with E-state index in [1.54, 1.807) is 0 Å². The van der Waals surface area contributed by atoms with Crippen LogP contribution in [-0.2, 0) is 0 Å². The monoisotopic (exact) mass is 650 g/mol. The number of hydrogen-bond acceptors (Lipinski definition) is 2. The Labute approximate surface area is 196 Å². The van der Waals surface area contributed by atoms with Crippen molar-refractivity contribution in [3.63, 3.8) is 0 Å². The predicted molar refractivity (Wildman–Crippen MR) is 70.8 cm³/mol. The number of alkyl halides is 24. The van der Waals surface area contributed by atoms with Crippen molar-refractivity contribution >= 4 is 0 Å². The van der Waals surface area contributed by atoms with Crippen molar-refractivity contribution in [1.29, 1.82) is 0 Å². The average molecular weight is 650 g/mol. The second-order valence-electron chi connectivity index (χ2n) is 6.74. The molecule has 26 heteroatoms. The highest BCUT2D eigenvalue weighted by molar-refractivity contribution is 5.10. The molecule has 238 valence electrons. The van der Waals surface area contributed by atoms with Crippen LogP contribution in [-0.4, -0.2) is 89.1 Å². The Morgan fingerprint density at radius 2 is 0.410 bits per heavy atom. The zero-order valence-electron chi connectivity index (χ0n) is 16.9. The minimum absolute atomic E-state index is 3.04. The molecule has 0 spiro atoms. The Morgan fingerprint density at radius 3 is 0.564 bits per heavy atom. The van der Waals surface area contributed by atoms with E-state index in [0.29, 0.717) is 0 Å². The third-order valence-electron chi connectivity index (χ3n) is 4.00. The first-order chi connectivity index (χ1) is 16.4. The molecule has 0 fully saturated rings. The molecule has 0 rings (SSSR count). The molecule has 2 nitrogen and oxygen atoms in total. The van der Waals surface area contributed by atoms with Crippen LogP contribution in [0.4, 0.5) is 105 Å². The molecule has 0 aromatic rings. The second-order valence-corrected chi connectivity index (χ2v) is 6.74. The zero-order chi connectivity index (χ0) is 32.9. The number of aliphatic hydroxyl groups is 2. The predicted octanol–water partition coefficient (Wildman–Crippen LogP) is 6.80. The highest BCUT2D eigenvalue weighted by Gasteiger charge is 2.91. The third-order valence-corrected chi connectivity index (χ3v) is 4.00. The first-order valence-corrected chi connectivity index (χ1v) is 8.13. The number of rotatable bonds is 9. The van der Waals surface area contributed by atoms with Crippen LogP contribution in [0.25, 0.3) is 0 Å². The molecular formula is C13H6F24O2. The molecule has 0 aromatic heterocycles. The van der Waals surface area contributed by atoms with Crippen LogP contribution < -0.4 is 0 Å². The Bertz CT molecular complexity index is 819. The van der Waals surface area contributed by atoms with E-state index < -0.39 is 78.9 Å². The van der Waals surface area contributed by atoms with Crippen molar-refractivity contribution in [3.05, 3.63) is 0 Å². The summed E-state index contributed by atoms with van der Waals surface area (Å²) < 4.78 is 292. The summed E-state index contributed by atoms with van der Waals surface area (Å²) in [6.45, 7) is -6.24. The van der Waals surface area contributed by atoms with Gasteiger partial charge in [-0.05, 0) is 0 Å². The standard InChI is InChI=1S/C7H3F13O.C6H3F11O/c8-2(9,1-21)3(10,11)4(12,13)5(14,15)6(16,17)7(18,19)20;7-2(8,1-18)3(9,10)4(11,12)5(13,14)6(15,16)17/h21H,1H2;18H,1H2. The molecule has 0 aliphatic carbocycles. The van der Waals surface area contributed by atoms with Crippen LogP contribution in [0.3, 0.4) is 0 Å². The van der Waals surface area contributed by atoms with Gasteiger partial charge in [-0.1, -0.05) is 0 Å². The molecule has 0 aromatic carbocycles. The lowest BCUT2D eigenvalue weighted by Gasteiger charge is -2.39. The van der Waals surface area contributed by atoms with Crippen molar-refractivity contribution in [1.82, 2.24) is 0 Å². The smallest absolute Gasteiger partial charge is 0.390 e. The molecule has 0 radical (unpaired) electrons. The van der Waals surface area contributed by atoms with Crippen molar-refractivity contribution in [2.75, 3.05) is 13.2 Å². The Balaban J connectivity index is 0. The quantitative estimate of drug-likeness (QED) is 0.270. The molecule has 0 bridgehead atoms. The van der Waals surface area contributed by atoms with Gasteiger partial charge in [-0.15, -0.1) is 0 Å². The van der Waals surface area contributed by atoms with Gasteiger partial charge in [0.05, 0.1) is 0 Å². The first kappa shape index (κ1) is 39.4. The lowest BCUT2D eigenvalue weighted by molar-refractivity contribution is -0.441. The summed E-state index contributed by atoms with van der Waals surface area (Å²) in [5.41, 5.74) is 0. The molecule has 0 atom stereocenters. The van der Waals surface area contributed by atoms with Gasteiger partial charge >= 0.3 is 65.7 Å². The molecule has 0 saturated heterocycles. The fraction of sp³-hybridized carbons (Fsp3) is 1.00. The number of hydrogen-bond donors (Lipinski definition) is 2. The summed E-state index contributed by atoms with van der Waals surface area (Å²) in [6.07, 6.45) is -14.6. The van der Waals surface area contributed by atoms with Gasteiger partial charge in [0.25, 0.3) is 0 Å². The van der Waals surface area contributed by atoms with Crippen molar-refractivity contribution < 1.29 is 116 Å². The van der Waals surface area contributed by atoms with E-state index in [4.69, 9.17) is 10.2 Å². The molecular weight excluding hydrogens is 644 g/mol. The maximum Gasteiger partial charge on any atom is 0.460 e. The highest BCUT2D eigenvalue weighted by atomic mass is 19.4. The molecule has 0 aliphatic rings. The Morgan fingerprint density at radius 1 is 0.256 bits per heavy atom. The van der Waals surface area contributed by atoms with Gasteiger partial charge in [-0.25, -0.2) is 0 Å². The van der Waals surface area contributed by atoms with Crippen LogP contribution >= 0.6 is 0 Å².